The maximum absolute atomic E-state index is 12.0. The van der Waals surface area contributed by atoms with E-state index in [2.05, 4.69) is 15.7 Å². The lowest BCUT2D eigenvalue weighted by Gasteiger charge is -2.14. The summed E-state index contributed by atoms with van der Waals surface area (Å²) < 4.78 is 1.81. The summed E-state index contributed by atoms with van der Waals surface area (Å²) in [5.74, 6) is 0. The van der Waals surface area contributed by atoms with Crippen LogP contribution in [0.5, 0.6) is 0 Å². The van der Waals surface area contributed by atoms with Crippen LogP contribution in [0.3, 0.4) is 0 Å². The average molecular weight is 317 g/mol. The number of nitro groups is 1. The van der Waals surface area contributed by atoms with E-state index in [9.17, 15) is 14.9 Å². The van der Waals surface area contributed by atoms with Gasteiger partial charge in [-0.3, -0.25) is 14.8 Å². The van der Waals surface area contributed by atoms with Crippen molar-refractivity contribution >= 4 is 17.4 Å². The van der Waals surface area contributed by atoms with Crippen molar-refractivity contribution in [3.8, 4) is 0 Å². The van der Waals surface area contributed by atoms with Crippen LogP contribution in [-0.2, 0) is 6.54 Å². The van der Waals surface area contributed by atoms with E-state index in [1.807, 2.05) is 27.0 Å². The van der Waals surface area contributed by atoms with Crippen LogP contribution in [0.1, 0.15) is 31.1 Å². The summed E-state index contributed by atoms with van der Waals surface area (Å²) in [7, 11) is 0. The second-order valence-electron chi connectivity index (χ2n) is 5.15. The summed E-state index contributed by atoms with van der Waals surface area (Å²) >= 11 is 0. The molecule has 1 aromatic heterocycles. The lowest BCUT2D eigenvalue weighted by atomic mass is 10.1. The number of carbonyl (C=O) groups is 1. The van der Waals surface area contributed by atoms with Crippen LogP contribution < -0.4 is 10.6 Å². The van der Waals surface area contributed by atoms with Crippen LogP contribution in [0, 0.1) is 17.0 Å². The molecule has 0 aliphatic heterocycles. The predicted molar refractivity (Wildman–Crippen MR) is 86.3 cm³/mol. The van der Waals surface area contributed by atoms with E-state index in [0.29, 0.717) is 5.69 Å². The zero-order valence-electron chi connectivity index (χ0n) is 13.2. The van der Waals surface area contributed by atoms with Crippen LogP contribution in [0.15, 0.2) is 30.5 Å². The zero-order chi connectivity index (χ0) is 17.0. The third-order valence-electron chi connectivity index (χ3n) is 3.44. The van der Waals surface area contributed by atoms with Crippen molar-refractivity contribution < 1.29 is 9.72 Å². The van der Waals surface area contributed by atoms with E-state index < -0.39 is 11.0 Å². The Balaban J connectivity index is 2.02. The Hall–Kier alpha value is -2.90. The van der Waals surface area contributed by atoms with E-state index in [1.54, 1.807) is 10.7 Å². The van der Waals surface area contributed by atoms with Crippen molar-refractivity contribution in [2.45, 2.75) is 33.4 Å². The molecule has 2 rings (SSSR count). The molecule has 0 aliphatic carbocycles. The van der Waals surface area contributed by atoms with Gasteiger partial charge in [-0.15, -0.1) is 0 Å². The fraction of sp³-hybridized carbons (Fsp3) is 0.333. The van der Waals surface area contributed by atoms with Gasteiger partial charge in [-0.1, -0.05) is 6.07 Å². The molecule has 0 unspecified atom stereocenters. The van der Waals surface area contributed by atoms with E-state index in [-0.39, 0.29) is 11.7 Å². The zero-order valence-corrected chi connectivity index (χ0v) is 13.2. The highest BCUT2D eigenvalue weighted by Crippen LogP contribution is 2.18. The van der Waals surface area contributed by atoms with Crippen molar-refractivity contribution in [2.75, 3.05) is 5.32 Å². The van der Waals surface area contributed by atoms with E-state index >= 15 is 0 Å². The predicted octanol–water partition coefficient (Wildman–Crippen LogP) is 3.00. The molecule has 0 fully saturated rings. The molecule has 1 atom stereocenters. The van der Waals surface area contributed by atoms with E-state index in [0.717, 1.165) is 17.8 Å². The molecule has 2 aromatic rings. The molecule has 122 valence electrons. The van der Waals surface area contributed by atoms with Gasteiger partial charge in [0.2, 0.25) is 0 Å². The standard InChI is InChI=1S/C15H19N5O3/c1-4-19-9-14(11(3)18-19)10(2)16-15(21)17-12-6-5-7-13(8-12)20(22)23/h5-10H,4H2,1-3H3,(H2,16,17,21)/t10-/m0/s1. The minimum Gasteiger partial charge on any atom is -0.331 e. The Labute approximate surface area is 133 Å². The van der Waals surface area contributed by atoms with Crippen LogP contribution in [0.2, 0.25) is 0 Å². The smallest absolute Gasteiger partial charge is 0.319 e. The SMILES string of the molecule is CCn1cc([C@H](C)NC(=O)Nc2cccc([N+](=O)[O-])c2)c(C)n1. The monoisotopic (exact) mass is 317 g/mol. The van der Waals surface area contributed by atoms with Crippen LogP contribution in [0.4, 0.5) is 16.2 Å². The Kier molecular flexibility index (Phi) is 4.95. The first-order valence-corrected chi connectivity index (χ1v) is 7.26. The molecule has 8 nitrogen and oxygen atoms in total. The van der Waals surface area contributed by atoms with Crippen molar-refractivity contribution in [3.05, 3.63) is 51.8 Å². The molecule has 0 radical (unpaired) electrons. The molecule has 2 N–H and O–H groups in total. The second-order valence-corrected chi connectivity index (χ2v) is 5.15. The number of rotatable bonds is 5. The van der Waals surface area contributed by atoms with E-state index in [1.165, 1.54) is 18.2 Å². The summed E-state index contributed by atoms with van der Waals surface area (Å²) in [6, 6.07) is 5.14. The number of nitro benzene ring substituents is 1. The molecule has 2 amide bonds. The number of non-ortho nitro benzene ring substituents is 1. The number of nitrogens with zero attached hydrogens (tertiary/aromatic N) is 3. The molecular weight excluding hydrogens is 298 g/mol. The largest absolute Gasteiger partial charge is 0.331 e. The number of urea groups is 1. The van der Waals surface area contributed by atoms with Gasteiger partial charge in [0, 0.05) is 36.1 Å². The van der Waals surface area contributed by atoms with Crippen molar-refractivity contribution in [2.24, 2.45) is 0 Å². The lowest BCUT2D eigenvalue weighted by Crippen LogP contribution is -2.31. The van der Waals surface area contributed by atoms with E-state index in [4.69, 9.17) is 0 Å². The number of amides is 2. The fourth-order valence-electron chi connectivity index (χ4n) is 2.26. The van der Waals surface area contributed by atoms with Gasteiger partial charge in [-0.05, 0) is 26.8 Å². The summed E-state index contributed by atoms with van der Waals surface area (Å²) in [6.45, 7) is 6.49. The summed E-state index contributed by atoms with van der Waals surface area (Å²) in [6.07, 6.45) is 1.90. The molecule has 0 bridgehead atoms. The molecule has 0 spiro atoms. The van der Waals surface area contributed by atoms with Gasteiger partial charge < -0.3 is 10.6 Å². The van der Waals surface area contributed by atoms with Gasteiger partial charge in [-0.2, -0.15) is 5.10 Å². The summed E-state index contributed by atoms with van der Waals surface area (Å²) in [4.78, 5) is 22.3. The van der Waals surface area contributed by atoms with Crippen LogP contribution in [-0.4, -0.2) is 20.7 Å². The molecule has 0 saturated heterocycles. The van der Waals surface area contributed by atoms with Gasteiger partial charge in [-0.25, -0.2) is 4.79 Å². The van der Waals surface area contributed by atoms with Crippen molar-refractivity contribution in [1.29, 1.82) is 0 Å². The number of hydrogen-bond donors (Lipinski definition) is 2. The Morgan fingerprint density at radius 2 is 2.22 bits per heavy atom. The van der Waals surface area contributed by atoms with Crippen molar-refractivity contribution in [1.82, 2.24) is 15.1 Å². The topological polar surface area (TPSA) is 102 Å². The first-order valence-electron chi connectivity index (χ1n) is 7.26. The fourth-order valence-corrected chi connectivity index (χ4v) is 2.26. The third kappa shape index (κ3) is 4.06. The second kappa shape index (κ2) is 6.91. The molecule has 1 aromatic carbocycles. The highest BCUT2D eigenvalue weighted by Gasteiger charge is 2.15. The molecule has 0 aliphatic rings. The number of carbonyl (C=O) groups excluding carboxylic acids is 1. The minimum absolute atomic E-state index is 0.0732. The molecule has 8 heteroatoms. The summed E-state index contributed by atoms with van der Waals surface area (Å²) in [5, 5.41) is 20.5. The lowest BCUT2D eigenvalue weighted by molar-refractivity contribution is -0.384. The molecule has 0 saturated carbocycles. The van der Waals surface area contributed by atoms with Crippen LogP contribution in [0.25, 0.3) is 0 Å². The van der Waals surface area contributed by atoms with Gasteiger partial charge in [0.15, 0.2) is 0 Å². The first kappa shape index (κ1) is 16.5. The van der Waals surface area contributed by atoms with Crippen LogP contribution >= 0.6 is 0 Å². The van der Waals surface area contributed by atoms with Gasteiger partial charge in [0.25, 0.3) is 5.69 Å². The summed E-state index contributed by atoms with van der Waals surface area (Å²) in [5.41, 5.74) is 2.08. The number of benzene rings is 1. The number of anilines is 1. The van der Waals surface area contributed by atoms with Gasteiger partial charge in [0.05, 0.1) is 16.7 Å². The quantitative estimate of drug-likeness (QED) is 0.653. The first-order chi connectivity index (χ1) is 10.9. The number of aromatic nitrogens is 2. The number of nitrogens with one attached hydrogen (secondary N) is 2. The minimum atomic E-state index is -0.506. The Morgan fingerprint density at radius 1 is 1.48 bits per heavy atom. The maximum Gasteiger partial charge on any atom is 0.319 e. The molecular formula is C15H19N5O3. The molecule has 23 heavy (non-hydrogen) atoms. The Morgan fingerprint density at radius 3 is 2.83 bits per heavy atom. The third-order valence-corrected chi connectivity index (χ3v) is 3.44. The van der Waals surface area contributed by atoms with Gasteiger partial charge in [0.1, 0.15) is 0 Å². The van der Waals surface area contributed by atoms with Crippen molar-refractivity contribution in [3.63, 3.8) is 0 Å². The number of hydrogen-bond acceptors (Lipinski definition) is 4. The maximum atomic E-state index is 12.0. The number of aryl methyl sites for hydroxylation is 2. The highest BCUT2D eigenvalue weighted by molar-refractivity contribution is 5.89. The highest BCUT2D eigenvalue weighted by atomic mass is 16.6. The average Bonchev–Trinajstić information content (AvgIpc) is 2.88. The Bertz CT molecular complexity index is 726. The normalized spacial score (nSPS) is 11.8. The van der Waals surface area contributed by atoms with Gasteiger partial charge >= 0.3 is 6.03 Å². The molecule has 1 heterocycles.